The van der Waals surface area contributed by atoms with E-state index in [1.165, 1.54) is 25.9 Å². The highest BCUT2D eigenvalue weighted by Gasteiger charge is 2.16. The maximum atomic E-state index is 12.1. The Kier molecular flexibility index (Phi) is 7.26. The van der Waals surface area contributed by atoms with Gasteiger partial charge in [-0.05, 0) is 63.9 Å². The Morgan fingerprint density at radius 3 is 2.68 bits per heavy atom. The quantitative estimate of drug-likeness (QED) is 0.617. The van der Waals surface area contributed by atoms with Crippen molar-refractivity contribution in [3.63, 3.8) is 0 Å². The number of rotatable bonds is 7. The van der Waals surface area contributed by atoms with Crippen molar-refractivity contribution >= 4 is 17.7 Å². The van der Waals surface area contributed by atoms with Crippen molar-refractivity contribution in [1.82, 2.24) is 10.2 Å². The second-order valence-electron chi connectivity index (χ2n) is 6.24. The van der Waals surface area contributed by atoms with E-state index in [1.54, 1.807) is 11.8 Å². The van der Waals surface area contributed by atoms with E-state index in [-0.39, 0.29) is 11.2 Å². The molecule has 0 aliphatic carbocycles. The fraction of sp³-hybridized carbons (Fsp3) is 0.611. The Morgan fingerprint density at radius 2 is 2.00 bits per heavy atom. The molecule has 122 valence electrons. The first-order valence-corrected chi connectivity index (χ1v) is 9.25. The van der Waals surface area contributed by atoms with Crippen molar-refractivity contribution < 1.29 is 4.79 Å². The number of hydrogen-bond acceptors (Lipinski definition) is 3. The van der Waals surface area contributed by atoms with Gasteiger partial charge in [-0.25, -0.2) is 0 Å². The Morgan fingerprint density at radius 1 is 1.32 bits per heavy atom. The lowest BCUT2D eigenvalue weighted by molar-refractivity contribution is -0.120. The normalized spacial score (nSPS) is 18.1. The van der Waals surface area contributed by atoms with Gasteiger partial charge in [0.25, 0.3) is 0 Å². The van der Waals surface area contributed by atoms with Crippen molar-refractivity contribution in [1.29, 1.82) is 0 Å². The van der Waals surface area contributed by atoms with Crippen LogP contribution in [0.5, 0.6) is 0 Å². The van der Waals surface area contributed by atoms with E-state index in [1.807, 2.05) is 37.3 Å². The first-order chi connectivity index (χ1) is 10.6. The number of carbonyl (C=O) groups is 1. The lowest BCUT2D eigenvalue weighted by atomic mass is 9.99. The van der Waals surface area contributed by atoms with Gasteiger partial charge < -0.3 is 10.2 Å². The summed E-state index contributed by atoms with van der Waals surface area (Å²) in [6.45, 7) is 8.63. The Hall–Kier alpha value is -1.00. The molecule has 1 aromatic carbocycles. The molecule has 0 aromatic heterocycles. The van der Waals surface area contributed by atoms with Crippen LogP contribution in [0, 0.1) is 5.92 Å². The Bertz CT molecular complexity index is 444. The molecule has 0 saturated carbocycles. The van der Waals surface area contributed by atoms with Gasteiger partial charge in [-0.1, -0.05) is 25.1 Å². The van der Waals surface area contributed by atoms with Gasteiger partial charge >= 0.3 is 0 Å². The molecule has 1 heterocycles. The number of nitrogens with zero attached hydrogens (tertiary/aromatic N) is 1. The molecule has 22 heavy (non-hydrogen) atoms. The van der Waals surface area contributed by atoms with E-state index in [9.17, 15) is 4.79 Å². The van der Waals surface area contributed by atoms with Crippen LogP contribution in [-0.2, 0) is 4.79 Å². The second kappa shape index (κ2) is 9.21. The smallest absolute Gasteiger partial charge is 0.233 e. The summed E-state index contributed by atoms with van der Waals surface area (Å²) in [6, 6.07) is 10.1. The molecule has 0 spiro atoms. The van der Waals surface area contributed by atoms with Crippen molar-refractivity contribution in [3.05, 3.63) is 30.3 Å². The third-order valence-corrected chi connectivity index (χ3v) is 5.36. The zero-order chi connectivity index (χ0) is 15.8. The standard InChI is InChI=1S/C18H28N2OS/c1-15-9-13-20(14-10-15)12-6-11-19-18(21)16(2)22-17-7-4-3-5-8-17/h3-5,7-8,15-16H,6,9-14H2,1-2H3,(H,19,21)/t16-/m0/s1. The first-order valence-electron chi connectivity index (χ1n) is 8.37. The van der Waals surface area contributed by atoms with Crippen molar-refractivity contribution in [2.75, 3.05) is 26.2 Å². The molecule has 1 fully saturated rings. The molecule has 1 amide bonds. The molecule has 1 N–H and O–H groups in total. The molecule has 1 saturated heterocycles. The van der Waals surface area contributed by atoms with Crippen LogP contribution in [-0.4, -0.2) is 42.2 Å². The summed E-state index contributed by atoms with van der Waals surface area (Å²) in [4.78, 5) is 15.8. The molecule has 0 radical (unpaired) electrons. The summed E-state index contributed by atoms with van der Waals surface area (Å²) in [5.74, 6) is 1.02. The Balaban J connectivity index is 1.59. The number of benzene rings is 1. The second-order valence-corrected chi connectivity index (χ2v) is 7.66. The maximum absolute atomic E-state index is 12.1. The number of likely N-dealkylation sites (tertiary alicyclic amines) is 1. The summed E-state index contributed by atoms with van der Waals surface area (Å²) in [6.07, 6.45) is 3.68. The van der Waals surface area contributed by atoms with E-state index in [0.29, 0.717) is 0 Å². The molecule has 3 nitrogen and oxygen atoms in total. The van der Waals surface area contributed by atoms with Crippen LogP contribution in [0.1, 0.15) is 33.1 Å². The lowest BCUT2D eigenvalue weighted by Crippen LogP contribution is -2.36. The molecule has 4 heteroatoms. The minimum Gasteiger partial charge on any atom is -0.355 e. The third kappa shape index (κ3) is 6.01. The first kappa shape index (κ1) is 17.4. The van der Waals surface area contributed by atoms with E-state index in [0.717, 1.165) is 30.3 Å². The molecule has 0 bridgehead atoms. The molecule has 1 atom stereocenters. The van der Waals surface area contributed by atoms with Crippen LogP contribution in [0.3, 0.4) is 0 Å². The average molecular weight is 321 g/mol. The fourth-order valence-corrected chi connectivity index (χ4v) is 3.61. The minimum atomic E-state index is -0.0433. The van der Waals surface area contributed by atoms with Crippen molar-refractivity contribution in [2.24, 2.45) is 5.92 Å². The Labute approximate surface area is 138 Å². The van der Waals surface area contributed by atoms with Crippen molar-refractivity contribution in [3.8, 4) is 0 Å². The van der Waals surface area contributed by atoms with Crippen LogP contribution in [0.15, 0.2) is 35.2 Å². The van der Waals surface area contributed by atoms with Gasteiger partial charge in [0.2, 0.25) is 5.91 Å². The monoisotopic (exact) mass is 320 g/mol. The maximum Gasteiger partial charge on any atom is 0.233 e. The van der Waals surface area contributed by atoms with Gasteiger partial charge in [-0.2, -0.15) is 0 Å². The van der Waals surface area contributed by atoms with Crippen LogP contribution in [0.4, 0.5) is 0 Å². The molecular weight excluding hydrogens is 292 g/mol. The van der Waals surface area contributed by atoms with Gasteiger partial charge in [0.1, 0.15) is 0 Å². The molecule has 1 aromatic rings. The number of piperidine rings is 1. The number of amides is 1. The average Bonchev–Trinajstić information content (AvgIpc) is 2.54. The van der Waals surface area contributed by atoms with Crippen LogP contribution < -0.4 is 5.32 Å². The van der Waals surface area contributed by atoms with Crippen LogP contribution >= 0.6 is 11.8 Å². The highest BCUT2D eigenvalue weighted by Crippen LogP contribution is 2.22. The fourth-order valence-electron chi connectivity index (χ4n) is 2.70. The SMILES string of the molecule is CC1CCN(CCCNC(=O)[C@H](C)Sc2ccccc2)CC1. The topological polar surface area (TPSA) is 32.3 Å². The number of carbonyl (C=O) groups excluding carboxylic acids is 1. The number of nitrogens with one attached hydrogen (secondary N) is 1. The largest absolute Gasteiger partial charge is 0.355 e. The molecule has 2 rings (SSSR count). The lowest BCUT2D eigenvalue weighted by Gasteiger charge is -2.30. The predicted molar refractivity (Wildman–Crippen MR) is 94.2 cm³/mol. The van der Waals surface area contributed by atoms with Gasteiger partial charge in [-0.15, -0.1) is 11.8 Å². The summed E-state index contributed by atoms with van der Waals surface area (Å²) < 4.78 is 0. The summed E-state index contributed by atoms with van der Waals surface area (Å²) in [5.41, 5.74) is 0. The predicted octanol–water partition coefficient (Wildman–Crippen LogP) is 3.41. The zero-order valence-corrected chi connectivity index (χ0v) is 14.6. The molecule has 0 unspecified atom stereocenters. The highest BCUT2D eigenvalue weighted by atomic mass is 32.2. The van der Waals surface area contributed by atoms with Crippen molar-refractivity contribution in [2.45, 2.75) is 43.3 Å². The third-order valence-electron chi connectivity index (χ3n) is 4.25. The summed E-state index contributed by atoms with van der Waals surface area (Å²) >= 11 is 1.62. The zero-order valence-electron chi connectivity index (χ0n) is 13.8. The van der Waals surface area contributed by atoms with E-state index in [2.05, 4.69) is 17.1 Å². The summed E-state index contributed by atoms with van der Waals surface area (Å²) in [5, 5.41) is 3.02. The molecule has 1 aliphatic heterocycles. The highest BCUT2D eigenvalue weighted by molar-refractivity contribution is 8.00. The number of hydrogen-bond donors (Lipinski definition) is 1. The van der Waals surface area contributed by atoms with Gasteiger partial charge in [0.15, 0.2) is 0 Å². The van der Waals surface area contributed by atoms with E-state index >= 15 is 0 Å². The molecular formula is C18H28N2OS. The van der Waals surface area contributed by atoms with E-state index in [4.69, 9.17) is 0 Å². The number of thioether (sulfide) groups is 1. The van der Waals surface area contributed by atoms with E-state index < -0.39 is 0 Å². The minimum absolute atomic E-state index is 0.0433. The van der Waals surface area contributed by atoms with Crippen LogP contribution in [0.2, 0.25) is 0 Å². The molecule has 1 aliphatic rings. The van der Waals surface area contributed by atoms with Gasteiger partial charge in [0, 0.05) is 11.4 Å². The van der Waals surface area contributed by atoms with Gasteiger partial charge in [-0.3, -0.25) is 4.79 Å². The van der Waals surface area contributed by atoms with Gasteiger partial charge in [0.05, 0.1) is 5.25 Å². The van der Waals surface area contributed by atoms with Crippen LogP contribution in [0.25, 0.3) is 0 Å². The summed E-state index contributed by atoms with van der Waals surface area (Å²) in [7, 11) is 0.